The predicted molar refractivity (Wildman–Crippen MR) is 460 cm³/mol. The number of unbranched alkanes of at least 4 members (excludes halogenated alkanes) is 57. The van der Waals surface area contributed by atoms with Crippen LogP contribution in [-0.2, 0) is 65.4 Å². The Hall–Kier alpha value is -1.94. The summed E-state index contributed by atoms with van der Waals surface area (Å²) in [5.41, 5.74) is 0. The first-order valence-corrected chi connectivity index (χ1v) is 50.4. The lowest BCUT2D eigenvalue weighted by molar-refractivity contribution is -0.161. The number of carbonyl (C=O) groups excluding carboxylic acids is 4. The number of carbonyl (C=O) groups is 4. The van der Waals surface area contributed by atoms with Gasteiger partial charge in [-0.05, 0) is 43.4 Å². The molecule has 0 fully saturated rings. The van der Waals surface area contributed by atoms with E-state index in [1.54, 1.807) is 0 Å². The van der Waals surface area contributed by atoms with Crippen LogP contribution < -0.4 is 0 Å². The van der Waals surface area contributed by atoms with Crippen LogP contribution in [0.15, 0.2) is 0 Å². The highest BCUT2D eigenvalue weighted by Gasteiger charge is 2.31. The molecule has 3 N–H and O–H groups in total. The van der Waals surface area contributed by atoms with Gasteiger partial charge in [-0.25, -0.2) is 9.13 Å². The fourth-order valence-corrected chi connectivity index (χ4v) is 16.0. The number of hydrogen-bond donors (Lipinski definition) is 3. The predicted octanol–water partition coefficient (Wildman–Crippen LogP) is 28.4. The number of phosphoric ester groups is 2. The van der Waals surface area contributed by atoms with Crippen molar-refractivity contribution in [1.82, 2.24) is 0 Å². The Kier molecular flexibility index (Phi) is 80.4. The molecular formula is C92H180O17P2. The van der Waals surface area contributed by atoms with Gasteiger partial charge in [0.05, 0.1) is 26.4 Å². The van der Waals surface area contributed by atoms with Crippen LogP contribution in [0.25, 0.3) is 0 Å². The van der Waals surface area contributed by atoms with Gasteiger partial charge in [-0.2, -0.15) is 0 Å². The highest BCUT2D eigenvalue weighted by atomic mass is 31.2. The SMILES string of the molecule is CCCCCCCCCCCCCCCCCCC(=O)O[C@H](COC(=O)CCCCCCCCCCCC(C)C)COP(=O)(O)OC[C@H](O)COP(=O)(O)OC[C@@H](COC(=O)CCCCCCCCCCCCCCCCCCCCC(C)C)OC(=O)CCCCCCCCCCCCCCCCCCCCC(C)CC. The van der Waals surface area contributed by atoms with E-state index < -0.39 is 97.5 Å². The Morgan fingerprint density at radius 3 is 0.685 bits per heavy atom. The second-order valence-corrected chi connectivity index (χ2v) is 37.2. The maximum Gasteiger partial charge on any atom is 0.472 e. The van der Waals surface area contributed by atoms with Gasteiger partial charge >= 0.3 is 39.5 Å². The number of aliphatic hydroxyl groups is 1. The second kappa shape index (κ2) is 81.8. The molecule has 0 aliphatic heterocycles. The molecule has 6 atom stereocenters. The van der Waals surface area contributed by atoms with Crippen LogP contribution in [0.1, 0.15) is 492 Å². The van der Waals surface area contributed by atoms with Crippen molar-refractivity contribution in [3.8, 4) is 0 Å². The molecule has 0 aromatic carbocycles. The summed E-state index contributed by atoms with van der Waals surface area (Å²) < 4.78 is 69.1. The third-order valence-electron chi connectivity index (χ3n) is 22.0. The van der Waals surface area contributed by atoms with Crippen LogP contribution >= 0.6 is 15.6 Å². The standard InChI is InChI=1S/C92H180O17P2/c1-8-10-11-12-13-14-15-16-17-28-34-39-46-54-61-68-75-92(97)109-88(80-103-90(95)74-67-60-53-48-41-43-50-57-64-71-84(5)6)82-107-111(100,101)105-78-86(93)77-104-110(98,99)106-81-87(79-102-89(94)73-66-59-52-45-38-33-29-24-20-18-22-26-31-36-42-49-56-63-70-83(3)4)108-91(96)76-69-62-55-47-40-35-30-25-21-19-23-27-32-37-44-51-58-65-72-85(7)9-2/h83-88,93H,8-82H2,1-7H3,(H,98,99)(H,100,101)/t85?,86-,87-,88-/m1/s1. The first-order valence-electron chi connectivity index (χ1n) is 47.4. The summed E-state index contributed by atoms with van der Waals surface area (Å²) >= 11 is 0. The zero-order chi connectivity index (χ0) is 81.5. The third kappa shape index (κ3) is 84.3. The highest BCUT2D eigenvalue weighted by Crippen LogP contribution is 2.45. The molecule has 0 spiro atoms. The molecule has 0 aliphatic rings. The Bertz CT molecular complexity index is 2130. The Morgan fingerprint density at radius 1 is 0.261 bits per heavy atom. The molecule has 0 aromatic rings. The maximum absolute atomic E-state index is 13.2. The second-order valence-electron chi connectivity index (χ2n) is 34.2. The minimum atomic E-state index is -4.97. The Morgan fingerprint density at radius 2 is 0.459 bits per heavy atom. The quantitative estimate of drug-likeness (QED) is 0.0222. The van der Waals surface area contributed by atoms with Crippen LogP contribution in [0.5, 0.6) is 0 Å². The van der Waals surface area contributed by atoms with Crippen molar-refractivity contribution in [3.63, 3.8) is 0 Å². The summed E-state index contributed by atoms with van der Waals surface area (Å²) in [6, 6.07) is 0. The Labute approximate surface area is 683 Å². The number of phosphoric acid groups is 2. The van der Waals surface area contributed by atoms with E-state index in [0.717, 1.165) is 108 Å². The molecule has 0 heterocycles. The molecule has 0 saturated carbocycles. The minimum Gasteiger partial charge on any atom is -0.462 e. The molecule has 0 aliphatic carbocycles. The average Bonchev–Trinajstić information content (AvgIpc) is 0.896. The fraction of sp³-hybridized carbons (Fsp3) is 0.957. The van der Waals surface area contributed by atoms with Gasteiger partial charge in [0.2, 0.25) is 0 Å². The number of hydrogen-bond acceptors (Lipinski definition) is 15. The summed E-state index contributed by atoms with van der Waals surface area (Å²) in [4.78, 5) is 73.4. The molecule has 111 heavy (non-hydrogen) atoms. The molecule has 0 radical (unpaired) electrons. The van der Waals surface area contributed by atoms with Crippen molar-refractivity contribution in [3.05, 3.63) is 0 Å². The van der Waals surface area contributed by atoms with Gasteiger partial charge in [0.1, 0.15) is 19.3 Å². The van der Waals surface area contributed by atoms with Crippen molar-refractivity contribution >= 4 is 39.5 Å². The van der Waals surface area contributed by atoms with Crippen molar-refractivity contribution < 1.29 is 80.2 Å². The summed E-state index contributed by atoms with van der Waals surface area (Å²) in [5, 5.41) is 10.7. The topological polar surface area (TPSA) is 237 Å². The summed E-state index contributed by atoms with van der Waals surface area (Å²) in [7, 11) is -9.94. The lowest BCUT2D eigenvalue weighted by Gasteiger charge is -2.21. The van der Waals surface area contributed by atoms with Gasteiger partial charge in [-0.15, -0.1) is 0 Å². The average molecular weight is 1620 g/mol. The molecule has 0 bridgehead atoms. The molecule has 3 unspecified atom stereocenters. The van der Waals surface area contributed by atoms with Gasteiger partial charge in [0.15, 0.2) is 12.2 Å². The Balaban J connectivity index is 5.24. The smallest absolute Gasteiger partial charge is 0.462 e. The molecule has 0 saturated heterocycles. The number of aliphatic hydroxyl groups excluding tert-OH is 1. The normalized spacial score (nSPS) is 14.0. The molecule has 0 rings (SSSR count). The van der Waals surface area contributed by atoms with Crippen LogP contribution in [0.4, 0.5) is 0 Å². The van der Waals surface area contributed by atoms with Crippen molar-refractivity contribution in [2.45, 2.75) is 510 Å². The maximum atomic E-state index is 13.2. The molecule has 0 aromatic heterocycles. The van der Waals surface area contributed by atoms with Crippen LogP contribution in [0, 0.1) is 17.8 Å². The number of esters is 4. The monoisotopic (exact) mass is 1620 g/mol. The molecule has 19 heteroatoms. The molecule has 660 valence electrons. The van der Waals surface area contributed by atoms with Crippen LogP contribution in [-0.4, -0.2) is 96.7 Å². The van der Waals surface area contributed by atoms with E-state index >= 15 is 0 Å². The summed E-state index contributed by atoms with van der Waals surface area (Å²) in [6.45, 7) is 12.1. The lowest BCUT2D eigenvalue weighted by Crippen LogP contribution is -2.30. The summed E-state index contributed by atoms with van der Waals surface area (Å²) in [5.74, 6) is 0.341. The third-order valence-corrected chi connectivity index (χ3v) is 23.9. The molecule has 0 amide bonds. The van der Waals surface area contributed by atoms with Gasteiger partial charge < -0.3 is 33.8 Å². The van der Waals surface area contributed by atoms with Gasteiger partial charge in [0.25, 0.3) is 0 Å². The van der Waals surface area contributed by atoms with Crippen molar-refractivity contribution in [1.29, 1.82) is 0 Å². The van der Waals surface area contributed by atoms with Crippen LogP contribution in [0.3, 0.4) is 0 Å². The molecular weight excluding hydrogens is 1440 g/mol. The van der Waals surface area contributed by atoms with E-state index in [-0.39, 0.29) is 25.7 Å². The van der Waals surface area contributed by atoms with Crippen LogP contribution in [0.2, 0.25) is 0 Å². The number of rotatable bonds is 90. The van der Waals surface area contributed by atoms with E-state index in [2.05, 4.69) is 48.5 Å². The minimum absolute atomic E-state index is 0.108. The van der Waals surface area contributed by atoms with E-state index in [0.29, 0.717) is 25.7 Å². The van der Waals surface area contributed by atoms with Crippen molar-refractivity contribution in [2.24, 2.45) is 17.8 Å². The fourth-order valence-electron chi connectivity index (χ4n) is 14.4. The van der Waals surface area contributed by atoms with E-state index in [1.165, 1.54) is 302 Å². The van der Waals surface area contributed by atoms with E-state index in [9.17, 15) is 43.2 Å². The van der Waals surface area contributed by atoms with Crippen molar-refractivity contribution in [2.75, 3.05) is 39.6 Å². The first-order chi connectivity index (χ1) is 53.8. The molecule has 17 nitrogen and oxygen atoms in total. The van der Waals surface area contributed by atoms with Gasteiger partial charge in [0, 0.05) is 25.7 Å². The lowest BCUT2D eigenvalue weighted by atomic mass is 9.99. The van der Waals surface area contributed by atoms with E-state index in [4.69, 9.17) is 37.0 Å². The van der Waals surface area contributed by atoms with Gasteiger partial charge in [-0.1, -0.05) is 440 Å². The van der Waals surface area contributed by atoms with E-state index in [1.807, 2.05) is 0 Å². The number of ether oxygens (including phenoxy) is 4. The summed E-state index contributed by atoms with van der Waals surface area (Å²) in [6.07, 6.45) is 75.0. The largest absolute Gasteiger partial charge is 0.472 e. The first kappa shape index (κ1) is 109. The van der Waals surface area contributed by atoms with Gasteiger partial charge in [-0.3, -0.25) is 37.3 Å². The highest BCUT2D eigenvalue weighted by molar-refractivity contribution is 7.47. The zero-order valence-electron chi connectivity index (χ0n) is 73.4. The zero-order valence-corrected chi connectivity index (χ0v) is 75.2.